The summed E-state index contributed by atoms with van der Waals surface area (Å²) in [5, 5.41) is 13.4. The van der Waals surface area contributed by atoms with Gasteiger partial charge in [0.05, 0.1) is 6.79 Å². The fourth-order valence-corrected chi connectivity index (χ4v) is 8.74. The monoisotopic (exact) mass is 1040 g/mol. The van der Waals surface area contributed by atoms with Crippen molar-refractivity contribution in [3.63, 3.8) is 0 Å². The first-order valence-corrected chi connectivity index (χ1v) is 22.3. The molecule has 0 bridgehead atoms. The van der Waals surface area contributed by atoms with Crippen molar-refractivity contribution in [3.05, 3.63) is 126 Å². The third-order valence-electron chi connectivity index (χ3n) is 13.1. The zero-order chi connectivity index (χ0) is 46.0. The molecule has 0 aliphatic heterocycles. The van der Waals surface area contributed by atoms with Gasteiger partial charge >= 0.3 is 6.18 Å². The molecule has 0 saturated heterocycles. The van der Waals surface area contributed by atoms with Gasteiger partial charge in [-0.25, -0.2) is 0 Å². The van der Waals surface area contributed by atoms with Crippen molar-refractivity contribution in [2.24, 2.45) is 16.2 Å². The number of aliphatic hydroxyl groups is 1. The molecule has 0 aliphatic carbocycles. The largest absolute Gasteiger partial charge is 0.512 e. The minimum Gasteiger partial charge on any atom is -0.512 e. The summed E-state index contributed by atoms with van der Waals surface area (Å²) in [5.41, 5.74) is 5.20. The standard InChI is InChI=1S/C39H35F3NS.C15H28O2.Ir/c1-24-31-19-20-43-34(30-21-29-9-7-8-10-32(29)33(22-30)37(2,3)4)36(31)44-35(24)28-17-15-27(16-18-28)26-13-11-25(12-14-26)23-38(5,6)39(40,41)42;1-7-14(5,8-2)12(16)11-13(17)15(6,9-3)10-4;/h7-20,22H,23H2,1-6H3;11,16H,7-10H2,1-6H3;/q-1;;/b;12-11-;/i20D;;. The molecule has 2 aromatic heterocycles. The zero-order valence-corrected chi connectivity index (χ0v) is 41.6. The van der Waals surface area contributed by atoms with Crippen molar-refractivity contribution in [1.29, 1.82) is 0 Å². The smallest absolute Gasteiger partial charge is 0.394 e. The number of carbonyl (C=O) groups excluding carboxylic acids is 1. The number of alkyl halides is 3. The van der Waals surface area contributed by atoms with Crippen LogP contribution in [-0.4, -0.2) is 22.1 Å². The van der Waals surface area contributed by atoms with E-state index >= 15 is 0 Å². The summed E-state index contributed by atoms with van der Waals surface area (Å²) in [6.45, 7) is 23.3. The van der Waals surface area contributed by atoms with Gasteiger partial charge < -0.3 is 5.11 Å². The van der Waals surface area contributed by atoms with Gasteiger partial charge in [0.15, 0.2) is 5.78 Å². The Balaban J connectivity index is 0.000000413. The second-order valence-corrected chi connectivity index (χ2v) is 19.7. The van der Waals surface area contributed by atoms with Gasteiger partial charge in [0.1, 0.15) is 5.76 Å². The Labute approximate surface area is 387 Å². The van der Waals surface area contributed by atoms with E-state index in [-0.39, 0.29) is 60.5 Å². The summed E-state index contributed by atoms with van der Waals surface area (Å²) in [5.74, 6) is 0.286. The van der Waals surface area contributed by atoms with E-state index in [4.69, 9.17) is 6.35 Å². The van der Waals surface area contributed by atoms with Gasteiger partial charge in [0.2, 0.25) is 0 Å². The molecule has 2 heterocycles. The van der Waals surface area contributed by atoms with Crippen molar-refractivity contribution in [2.75, 3.05) is 0 Å². The molecule has 4 aromatic carbocycles. The molecule has 62 heavy (non-hydrogen) atoms. The molecule has 6 aromatic rings. The van der Waals surface area contributed by atoms with Crippen LogP contribution in [0.15, 0.2) is 103 Å². The van der Waals surface area contributed by atoms with Crippen LogP contribution in [0.3, 0.4) is 0 Å². The van der Waals surface area contributed by atoms with Gasteiger partial charge in [-0.3, -0.25) is 9.78 Å². The van der Waals surface area contributed by atoms with Crippen molar-refractivity contribution in [2.45, 2.75) is 127 Å². The number of nitrogens with zero attached hydrogens (tertiary/aromatic N) is 1. The Morgan fingerprint density at radius 2 is 1.31 bits per heavy atom. The quantitative estimate of drug-likeness (QED) is 0.0755. The maximum Gasteiger partial charge on any atom is 0.394 e. The normalized spacial score (nSPS) is 13.1. The van der Waals surface area contributed by atoms with Crippen LogP contribution >= 0.6 is 11.3 Å². The third kappa shape index (κ3) is 10.8. The molecule has 0 aliphatic rings. The molecule has 1 radical (unpaired) electrons. The van der Waals surface area contributed by atoms with Gasteiger partial charge in [-0.15, -0.1) is 40.5 Å². The molecule has 6 rings (SSSR count). The Hall–Kier alpha value is -4.10. The number of hydrogen-bond acceptors (Lipinski definition) is 4. The molecule has 0 spiro atoms. The topological polar surface area (TPSA) is 50.2 Å². The Morgan fingerprint density at radius 1 is 0.774 bits per heavy atom. The molecular weight excluding hydrogens is 976 g/mol. The number of halogens is 3. The van der Waals surface area contributed by atoms with E-state index in [0.717, 1.165) is 79.5 Å². The molecule has 0 atom stereocenters. The SMILES string of the molecule is CCC(C)(CC)C(=O)/C=C(\O)C(C)(CC)CC.[2H]c1cc2c(C)c(-c3ccc(-c4ccc(CC(C)(C)C(F)(F)F)cc4)cc3)sc2c(-c2[c-]c3ccccc3c(C(C)(C)C)c2)n1.[Ir]. The van der Waals surface area contributed by atoms with Gasteiger partial charge in [-0.2, -0.15) is 13.2 Å². The number of carbonyl (C=O) groups is 1. The number of thiophene rings is 1. The van der Waals surface area contributed by atoms with E-state index < -0.39 is 11.6 Å². The van der Waals surface area contributed by atoms with Gasteiger partial charge in [0, 0.05) is 58.5 Å². The summed E-state index contributed by atoms with van der Waals surface area (Å²) in [6, 6.07) is 31.6. The number of ketones is 1. The fraction of sp³-hybridized carbons (Fsp3) is 0.407. The first-order chi connectivity index (χ1) is 28.9. The molecule has 0 amide bonds. The summed E-state index contributed by atoms with van der Waals surface area (Å²) in [7, 11) is 0. The van der Waals surface area contributed by atoms with Crippen molar-refractivity contribution >= 4 is 38.0 Å². The van der Waals surface area contributed by atoms with Crippen molar-refractivity contribution < 1.29 is 44.5 Å². The number of benzene rings is 4. The minimum atomic E-state index is -4.26. The first kappa shape index (κ1) is 48.9. The van der Waals surface area contributed by atoms with Gasteiger partial charge in [-0.1, -0.05) is 154 Å². The molecule has 8 heteroatoms. The Morgan fingerprint density at radius 3 is 1.84 bits per heavy atom. The van der Waals surface area contributed by atoms with Crippen LogP contribution < -0.4 is 0 Å². The average molecular weight is 1040 g/mol. The Bertz CT molecular complexity index is 2560. The fourth-order valence-electron chi connectivity index (χ4n) is 7.45. The molecule has 3 nitrogen and oxygen atoms in total. The number of aliphatic hydroxyl groups excluding tert-OH is 1. The summed E-state index contributed by atoms with van der Waals surface area (Å²) >= 11 is 1.68. The number of hydrogen-bond donors (Lipinski definition) is 1. The molecule has 0 fully saturated rings. The van der Waals surface area contributed by atoms with Crippen LogP contribution in [0.5, 0.6) is 0 Å². The number of aryl methyl sites for hydroxylation is 1. The molecule has 333 valence electrons. The Kier molecular flexibility index (Phi) is 15.6. The predicted octanol–water partition coefficient (Wildman–Crippen LogP) is 16.6. The van der Waals surface area contributed by atoms with Gasteiger partial charge in [-0.05, 0) is 83.7 Å². The summed E-state index contributed by atoms with van der Waals surface area (Å²) in [4.78, 5) is 18.0. The number of pyridine rings is 1. The van der Waals surface area contributed by atoms with E-state index in [1.807, 2.05) is 65.8 Å². The van der Waals surface area contributed by atoms with Crippen LogP contribution in [0.1, 0.15) is 120 Å². The third-order valence-corrected chi connectivity index (χ3v) is 14.4. The van der Waals surface area contributed by atoms with Crippen LogP contribution in [0, 0.1) is 29.2 Å². The van der Waals surface area contributed by atoms with Crippen LogP contribution in [0.4, 0.5) is 13.2 Å². The number of fused-ring (bicyclic) bond motifs is 2. The van der Waals surface area contributed by atoms with E-state index in [1.54, 1.807) is 23.5 Å². The first-order valence-electron chi connectivity index (χ1n) is 22.0. The number of aromatic nitrogens is 1. The van der Waals surface area contributed by atoms with E-state index in [0.29, 0.717) is 5.56 Å². The molecule has 0 saturated carbocycles. The van der Waals surface area contributed by atoms with Crippen LogP contribution in [-0.2, 0) is 36.7 Å². The average Bonchev–Trinajstić information content (AvgIpc) is 3.57. The maximum absolute atomic E-state index is 13.4. The van der Waals surface area contributed by atoms with Crippen molar-refractivity contribution in [3.8, 4) is 32.8 Å². The summed E-state index contributed by atoms with van der Waals surface area (Å²) in [6.07, 6.45) is 0.659. The molecule has 1 N–H and O–H groups in total. The zero-order valence-electron chi connectivity index (χ0n) is 39.4. The van der Waals surface area contributed by atoms with E-state index in [1.165, 1.54) is 30.9 Å². The maximum atomic E-state index is 13.4. The van der Waals surface area contributed by atoms with E-state index in [2.05, 4.69) is 82.3 Å². The van der Waals surface area contributed by atoms with E-state index in [9.17, 15) is 23.1 Å². The second-order valence-electron chi connectivity index (χ2n) is 18.7. The second kappa shape index (κ2) is 19.7. The molecule has 0 unspecified atom stereocenters. The number of rotatable bonds is 12. The van der Waals surface area contributed by atoms with Crippen molar-refractivity contribution in [1.82, 2.24) is 4.98 Å². The number of allylic oxidation sites excluding steroid dienone is 2. The summed E-state index contributed by atoms with van der Waals surface area (Å²) < 4.78 is 49.7. The van der Waals surface area contributed by atoms with Gasteiger partial charge in [0.25, 0.3) is 0 Å². The molecular formula is C54H63F3IrNO2S-. The van der Waals surface area contributed by atoms with Crippen LogP contribution in [0.25, 0.3) is 53.7 Å². The minimum absolute atomic E-state index is 0. The van der Waals surface area contributed by atoms with Crippen LogP contribution in [0.2, 0.25) is 0 Å². The predicted molar refractivity (Wildman–Crippen MR) is 252 cm³/mol.